The molecule has 1 fully saturated rings. The Kier molecular flexibility index (Phi) is 3.96. The van der Waals surface area contributed by atoms with Crippen molar-refractivity contribution < 1.29 is 0 Å². The van der Waals surface area contributed by atoms with Crippen molar-refractivity contribution in [2.45, 2.75) is 37.8 Å². The van der Waals surface area contributed by atoms with E-state index in [1.54, 1.807) is 6.33 Å². The van der Waals surface area contributed by atoms with Crippen LogP contribution in [-0.2, 0) is 0 Å². The van der Waals surface area contributed by atoms with Gasteiger partial charge in [-0.2, -0.15) is 0 Å². The SMILES string of the molecule is CN(c1ncncc1I)C1CCCCC1N. The maximum Gasteiger partial charge on any atom is 0.145 e. The minimum absolute atomic E-state index is 0.268. The summed E-state index contributed by atoms with van der Waals surface area (Å²) in [4.78, 5) is 10.6. The highest BCUT2D eigenvalue weighted by atomic mass is 127. The van der Waals surface area contributed by atoms with E-state index in [1.807, 2.05) is 6.20 Å². The first-order valence-electron chi connectivity index (χ1n) is 5.64. The van der Waals surface area contributed by atoms with Gasteiger partial charge in [0, 0.05) is 25.3 Å². The summed E-state index contributed by atoms with van der Waals surface area (Å²) in [5, 5.41) is 0. The fourth-order valence-electron chi connectivity index (χ4n) is 2.34. The zero-order valence-electron chi connectivity index (χ0n) is 9.43. The lowest BCUT2D eigenvalue weighted by Gasteiger charge is -2.36. The van der Waals surface area contributed by atoms with E-state index in [-0.39, 0.29) is 6.04 Å². The number of halogens is 1. The van der Waals surface area contributed by atoms with Crippen molar-refractivity contribution in [3.63, 3.8) is 0 Å². The third-order valence-electron chi connectivity index (χ3n) is 3.26. The molecule has 2 unspecified atom stereocenters. The van der Waals surface area contributed by atoms with Gasteiger partial charge in [-0.3, -0.25) is 0 Å². The number of nitrogens with zero attached hydrogens (tertiary/aromatic N) is 3. The van der Waals surface area contributed by atoms with Crippen molar-refractivity contribution in [2.24, 2.45) is 5.73 Å². The quantitative estimate of drug-likeness (QED) is 0.839. The number of aromatic nitrogens is 2. The summed E-state index contributed by atoms with van der Waals surface area (Å²) in [7, 11) is 2.08. The highest BCUT2D eigenvalue weighted by Gasteiger charge is 2.27. The summed E-state index contributed by atoms with van der Waals surface area (Å²) < 4.78 is 1.08. The molecule has 0 aromatic carbocycles. The Bertz CT molecular complexity index is 358. The lowest BCUT2D eigenvalue weighted by Crippen LogP contribution is -2.48. The van der Waals surface area contributed by atoms with Gasteiger partial charge >= 0.3 is 0 Å². The van der Waals surface area contributed by atoms with Crippen LogP contribution in [0.15, 0.2) is 12.5 Å². The molecule has 0 spiro atoms. The lowest BCUT2D eigenvalue weighted by molar-refractivity contribution is 0.372. The number of hydrogen-bond acceptors (Lipinski definition) is 4. The second kappa shape index (κ2) is 5.27. The van der Waals surface area contributed by atoms with E-state index in [9.17, 15) is 0 Å². The van der Waals surface area contributed by atoms with Crippen molar-refractivity contribution in [3.05, 3.63) is 16.1 Å². The van der Waals surface area contributed by atoms with Crippen molar-refractivity contribution in [2.75, 3.05) is 11.9 Å². The molecule has 5 heteroatoms. The average Bonchev–Trinajstić information content (AvgIpc) is 2.29. The standard InChI is InChI=1S/C11H17IN4/c1-16(10-5-3-2-4-9(10)13)11-8(12)6-14-7-15-11/h6-7,9-10H,2-5,13H2,1H3. The Balaban J connectivity index is 2.17. The van der Waals surface area contributed by atoms with Crippen LogP contribution in [0.2, 0.25) is 0 Å². The van der Waals surface area contributed by atoms with Crippen molar-refractivity contribution in [1.29, 1.82) is 0 Å². The summed E-state index contributed by atoms with van der Waals surface area (Å²) in [6.07, 6.45) is 8.25. The fraction of sp³-hybridized carbons (Fsp3) is 0.636. The zero-order valence-corrected chi connectivity index (χ0v) is 11.6. The molecule has 1 aliphatic carbocycles. The molecule has 0 amide bonds. The third-order valence-corrected chi connectivity index (χ3v) is 4.02. The van der Waals surface area contributed by atoms with E-state index in [4.69, 9.17) is 5.73 Å². The van der Waals surface area contributed by atoms with Gasteiger partial charge in [-0.05, 0) is 35.4 Å². The molecule has 0 bridgehead atoms. The van der Waals surface area contributed by atoms with E-state index in [0.717, 1.165) is 22.2 Å². The minimum Gasteiger partial charge on any atom is -0.354 e. The predicted octanol–water partition coefficient (Wildman–Crippen LogP) is 1.79. The first-order chi connectivity index (χ1) is 7.70. The van der Waals surface area contributed by atoms with E-state index in [0.29, 0.717) is 6.04 Å². The van der Waals surface area contributed by atoms with Crippen LogP contribution in [0.5, 0.6) is 0 Å². The van der Waals surface area contributed by atoms with Gasteiger partial charge in [-0.1, -0.05) is 12.8 Å². The van der Waals surface area contributed by atoms with Crippen molar-refractivity contribution in [1.82, 2.24) is 9.97 Å². The van der Waals surface area contributed by atoms with Crippen LogP contribution in [-0.4, -0.2) is 29.1 Å². The number of anilines is 1. The largest absolute Gasteiger partial charge is 0.354 e. The predicted molar refractivity (Wildman–Crippen MR) is 73.4 cm³/mol. The molecule has 2 N–H and O–H groups in total. The molecule has 88 valence electrons. The van der Waals surface area contributed by atoms with Gasteiger partial charge in [0.15, 0.2) is 0 Å². The Morgan fingerprint density at radius 3 is 2.88 bits per heavy atom. The first-order valence-corrected chi connectivity index (χ1v) is 6.72. The normalized spacial score (nSPS) is 25.4. The highest BCUT2D eigenvalue weighted by molar-refractivity contribution is 14.1. The second-order valence-corrected chi connectivity index (χ2v) is 5.48. The number of nitrogens with two attached hydrogens (primary N) is 1. The van der Waals surface area contributed by atoms with Crippen molar-refractivity contribution >= 4 is 28.4 Å². The Hall–Kier alpha value is -0.430. The Morgan fingerprint density at radius 1 is 1.44 bits per heavy atom. The molecule has 0 saturated heterocycles. The van der Waals surface area contributed by atoms with E-state index in [1.165, 1.54) is 12.8 Å². The molecule has 4 nitrogen and oxygen atoms in total. The molecule has 2 atom stereocenters. The van der Waals surface area contributed by atoms with Crippen LogP contribution in [0.25, 0.3) is 0 Å². The highest BCUT2D eigenvalue weighted by Crippen LogP contribution is 2.26. The fourth-order valence-corrected chi connectivity index (χ4v) is 3.02. The van der Waals surface area contributed by atoms with Crippen LogP contribution in [0.4, 0.5) is 5.82 Å². The Labute approximate surface area is 110 Å². The van der Waals surface area contributed by atoms with Gasteiger partial charge in [-0.25, -0.2) is 9.97 Å². The zero-order chi connectivity index (χ0) is 11.5. The summed E-state index contributed by atoms with van der Waals surface area (Å²) in [6.45, 7) is 0. The molecule has 1 heterocycles. The van der Waals surface area contributed by atoms with E-state index in [2.05, 4.69) is 44.5 Å². The van der Waals surface area contributed by atoms with Gasteiger partial charge in [-0.15, -0.1) is 0 Å². The monoisotopic (exact) mass is 332 g/mol. The molecule has 1 saturated carbocycles. The lowest BCUT2D eigenvalue weighted by atomic mass is 9.90. The minimum atomic E-state index is 0.268. The van der Waals surface area contributed by atoms with Gasteiger partial charge in [0.05, 0.1) is 3.57 Å². The molecule has 1 aliphatic rings. The second-order valence-electron chi connectivity index (χ2n) is 4.32. The molecule has 16 heavy (non-hydrogen) atoms. The topological polar surface area (TPSA) is 55.0 Å². The summed E-state index contributed by atoms with van der Waals surface area (Å²) in [6, 6.07) is 0.682. The smallest absolute Gasteiger partial charge is 0.145 e. The van der Waals surface area contributed by atoms with Gasteiger partial charge in [0.25, 0.3) is 0 Å². The van der Waals surface area contributed by atoms with Crippen LogP contribution in [0.3, 0.4) is 0 Å². The molecule has 1 aromatic rings. The van der Waals surface area contributed by atoms with Crippen LogP contribution >= 0.6 is 22.6 Å². The first kappa shape index (κ1) is 12.0. The van der Waals surface area contributed by atoms with Gasteiger partial charge < -0.3 is 10.6 Å². The van der Waals surface area contributed by atoms with Gasteiger partial charge in [0.1, 0.15) is 12.1 Å². The van der Waals surface area contributed by atoms with E-state index >= 15 is 0 Å². The Morgan fingerprint density at radius 2 is 2.19 bits per heavy atom. The van der Waals surface area contributed by atoms with Crippen LogP contribution < -0.4 is 10.6 Å². The number of rotatable bonds is 2. The van der Waals surface area contributed by atoms with Crippen LogP contribution in [0.1, 0.15) is 25.7 Å². The number of hydrogen-bond donors (Lipinski definition) is 1. The number of likely N-dealkylation sites (N-methyl/N-ethyl adjacent to an activating group) is 1. The van der Waals surface area contributed by atoms with Crippen molar-refractivity contribution in [3.8, 4) is 0 Å². The molecule has 2 rings (SSSR count). The molecular weight excluding hydrogens is 315 g/mol. The molecular formula is C11H17IN4. The third kappa shape index (κ3) is 2.45. The van der Waals surface area contributed by atoms with Gasteiger partial charge in [0.2, 0.25) is 0 Å². The molecule has 1 aromatic heterocycles. The maximum atomic E-state index is 6.18. The molecule has 0 aliphatic heterocycles. The average molecular weight is 332 g/mol. The molecule has 0 radical (unpaired) electrons. The maximum absolute atomic E-state index is 6.18. The summed E-state index contributed by atoms with van der Waals surface area (Å²) in [5.41, 5.74) is 6.18. The summed E-state index contributed by atoms with van der Waals surface area (Å²) in [5.74, 6) is 0.998. The summed E-state index contributed by atoms with van der Waals surface area (Å²) >= 11 is 2.27. The van der Waals surface area contributed by atoms with Crippen LogP contribution in [0, 0.1) is 3.57 Å². The van der Waals surface area contributed by atoms with E-state index < -0.39 is 0 Å².